The Labute approximate surface area is 474 Å². The van der Waals surface area contributed by atoms with Gasteiger partial charge in [-0.15, -0.1) is 22.9 Å². The van der Waals surface area contributed by atoms with Crippen LogP contribution in [0.2, 0.25) is 0 Å². The maximum Gasteiger partial charge on any atom is 0.246 e. The SMILES string of the molecule is Cc1ncsc1-c1ccc(CNC(=O)[C@@H]2C[C@@H](O)CN2C(=O)[C@@H](NC(=O)CCOCCOCCOCCOCCOCCC(=O)N(C)CCOc2ccc(/C(=C(/CCCl)c3ccccc3)c3ccccc3)cc2)C(C)(C)C)cc1. The molecule has 1 saturated heterocycles. The number of carbonyl (C=O) groups is 4. The van der Waals surface area contributed by atoms with Crippen molar-refractivity contribution >= 4 is 57.7 Å². The molecule has 0 bridgehead atoms. The number of carbonyl (C=O) groups excluding carboxylic acids is 4. The summed E-state index contributed by atoms with van der Waals surface area (Å²) in [6.45, 7) is 11.7. The van der Waals surface area contributed by atoms with E-state index in [1.807, 2.05) is 106 Å². The van der Waals surface area contributed by atoms with Crippen molar-refractivity contribution in [2.24, 2.45) is 5.41 Å². The molecule has 6 rings (SSSR count). The Morgan fingerprint density at radius 3 is 1.85 bits per heavy atom. The van der Waals surface area contributed by atoms with E-state index in [2.05, 4.69) is 52.0 Å². The standard InChI is InChI=1S/C61H78ClN5O11S/c1-44-57(79-43-64-44)49-18-16-45(17-19-49)41-63-59(71)53-40-50(68)42-67(53)60(72)58(61(2,3)4)65-54(69)25-29-73-32-34-75-36-38-77-39-37-76-35-33-74-30-26-55(70)66(5)28-31-78-51-22-20-48(21-23-51)56(47-14-10-7-11-15-47)52(24-27-62)46-12-8-6-9-13-46/h6-23,43,50,53,58,68H,24-42H2,1-5H3,(H,63,71)(H,65,69)/b56-52-/t50-,53+,58-/m1/s1. The van der Waals surface area contributed by atoms with Crippen molar-refractivity contribution in [2.45, 2.75) is 78.1 Å². The highest BCUT2D eigenvalue weighted by atomic mass is 35.5. The van der Waals surface area contributed by atoms with Crippen molar-refractivity contribution in [1.82, 2.24) is 25.4 Å². The molecule has 4 aromatic carbocycles. The van der Waals surface area contributed by atoms with Gasteiger partial charge in [-0.05, 0) is 69.9 Å². The molecule has 3 atom stereocenters. The molecule has 0 unspecified atom stereocenters. The van der Waals surface area contributed by atoms with Crippen LogP contribution >= 0.6 is 22.9 Å². The minimum absolute atomic E-state index is 0.00846. The summed E-state index contributed by atoms with van der Waals surface area (Å²) in [5.74, 6) is 0.0311. The number of hydrogen-bond donors (Lipinski definition) is 3. The fourth-order valence-corrected chi connectivity index (χ4v) is 9.92. The molecule has 16 nitrogen and oxygen atoms in total. The third kappa shape index (κ3) is 20.2. The lowest BCUT2D eigenvalue weighted by Crippen LogP contribution is -2.57. The molecule has 1 aromatic heterocycles. The van der Waals surface area contributed by atoms with Crippen molar-refractivity contribution in [3.05, 3.63) is 143 Å². The second-order valence-electron chi connectivity index (χ2n) is 20.2. The Kier molecular flexibility index (Phi) is 25.9. The van der Waals surface area contributed by atoms with Crippen LogP contribution in [-0.4, -0.2) is 160 Å². The second-order valence-corrected chi connectivity index (χ2v) is 21.5. The van der Waals surface area contributed by atoms with Crippen LogP contribution in [0, 0.1) is 12.3 Å². The number of hydrogen-bond acceptors (Lipinski definition) is 13. The third-order valence-electron chi connectivity index (χ3n) is 13.2. The summed E-state index contributed by atoms with van der Waals surface area (Å²) in [6.07, 6.45) is 0.229. The van der Waals surface area contributed by atoms with Crippen LogP contribution in [-0.2, 0) is 49.4 Å². The van der Waals surface area contributed by atoms with Gasteiger partial charge in [0.05, 0.1) is 101 Å². The van der Waals surface area contributed by atoms with Gasteiger partial charge in [-0.2, -0.15) is 0 Å². The molecule has 1 aliphatic rings. The number of rotatable bonds is 33. The van der Waals surface area contributed by atoms with Crippen LogP contribution in [0.1, 0.15) is 74.4 Å². The van der Waals surface area contributed by atoms with Crippen LogP contribution in [0.4, 0.5) is 0 Å². The van der Waals surface area contributed by atoms with Gasteiger partial charge in [0.25, 0.3) is 0 Å². The van der Waals surface area contributed by atoms with E-state index < -0.39 is 29.5 Å². The maximum atomic E-state index is 14.0. The van der Waals surface area contributed by atoms with E-state index in [1.165, 1.54) is 10.5 Å². The van der Waals surface area contributed by atoms with E-state index in [0.717, 1.165) is 56.1 Å². The molecule has 3 N–H and O–H groups in total. The molecule has 1 fully saturated rings. The predicted octanol–water partition coefficient (Wildman–Crippen LogP) is 8.22. The number of amides is 4. The molecule has 79 heavy (non-hydrogen) atoms. The molecule has 426 valence electrons. The Bertz CT molecular complexity index is 2670. The average molecular weight is 1120 g/mol. The van der Waals surface area contributed by atoms with E-state index in [9.17, 15) is 24.3 Å². The number of aryl methyl sites for hydroxylation is 1. The number of nitrogens with one attached hydrogen (secondary N) is 2. The summed E-state index contributed by atoms with van der Waals surface area (Å²) in [4.78, 5) is 61.6. The first-order valence-corrected chi connectivity index (χ1v) is 28.5. The smallest absolute Gasteiger partial charge is 0.246 e. The number of likely N-dealkylation sites (tertiary alicyclic amines) is 1. The Hall–Kier alpha value is -6.02. The van der Waals surface area contributed by atoms with Crippen molar-refractivity contribution in [2.75, 3.05) is 98.7 Å². The number of β-amino-alcohol motifs (C(OH)–C–C–N with tert-alkyl or cyclic N) is 1. The van der Waals surface area contributed by atoms with Crippen molar-refractivity contribution in [3.8, 4) is 16.2 Å². The monoisotopic (exact) mass is 1120 g/mol. The predicted molar refractivity (Wildman–Crippen MR) is 309 cm³/mol. The van der Waals surface area contributed by atoms with Crippen LogP contribution in [0.15, 0.2) is 115 Å². The van der Waals surface area contributed by atoms with Crippen molar-refractivity contribution in [3.63, 3.8) is 0 Å². The van der Waals surface area contributed by atoms with Gasteiger partial charge in [0.15, 0.2) is 0 Å². The number of thiazole rings is 1. The van der Waals surface area contributed by atoms with Gasteiger partial charge >= 0.3 is 0 Å². The molecule has 0 saturated carbocycles. The fourth-order valence-electron chi connectivity index (χ4n) is 8.92. The molecule has 0 spiro atoms. The van der Waals surface area contributed by atoms with Crippen LogP contribution in [0.5, 0.6) is 5.75 Å². The average Bonchev–Trinajstić information content (AvgIpc) is 4.14. The Balaban J connectivity index is 0.756. The quantitative estimate of drug-likeness (QED) is 0.0208. The number of halogens is 1. The number of likely N-dealkylation sites (N-methyl/N-ethyl adjacent to an activating group) is 1. The summed E-state index contributed by atoms with van der Waals surface area (Å²) in [5.41, 5.74) is 9.68. The number of aliphatic hydroxyl groups excluding tert-OH is 1. The highest BCUT2D eigenvalue weighted by molar-refractivity contribution is 7.13. The van der Waals surface area contributed by atoms with Crippen molar-refractivity contribution < 1.29 is 52.7 Å². The molecule has 18 heteroatoms. The van der Waals surface area contributed by atoms with Crippen LogP contribution < -0.4 is 15.4 Å². The van der Waals surface area contributed by atoms with Gasteiger partial charge in [-0.1, -0.05) is 118 Å². The summed E-state index contributed by atoms with van der Waals surface area (Å²) >= 11 is 7.89. The van der Waals surface area contributed by atoms with Gasteiger partial charge in [0.1, 0.15) is 24.4 Å². The molecule has 0 aliphatic carbocycles. The number of allylic oxidation sites excluding steroid dienone is 1. The summed E-state index contributed by atoms with van der Waals surface area (Å²) in [7, 11) is 1.76. The highest BCUT2D eigenvalue weighted by Crippen LogP contribution is 2.36. The van der Waals surface area contributed by atoms with Gasteiger partial charge in [-0.25, -0.2) is 4.98 Å². The van der Waals surface area contributed by atoms with E-state index in [0.29, 0.717) is 65.3 Å². The summed E-state index contributed by atoms with van der Waals surface area (Å²) < 4.78 is 34.0. The zero-order chi connectivity index (χ0) is 56.4. The van der Waals surface area contributed by atoms with Crippen molar-refractivity contribution in [1.29, 1.82) is 0 Å². The first-order chi connectivity index (χ1) is 38.2. The van der Waals surface area contributed by atoms with Gasteiger partial charge < -0.3 is 54.0 Å². The van der Waals surface area contributed by atoms with E-state index in [-0.39, 0.29) is 69.9 Å². The number of benzene rings is 4. The first-order valence-electron chi connectivity index (χ1n) is 27.0. The van der Waals surface area contributed by atoms with Gasteiger partial charge in [-0.3, -0.25) is 19.2 Å². The lowest BCUT2D eigenvalue weighted by Gasteiger charge is -2.35. The number of aliphatic hydroxyl groups is 1. The minimum Gasteiger partial charge on any atom is -0.492 e. The molecule has 2 heterocycles. The van der Waals surface area contributed by atoms with Crippen LogP contribution in [0.25, 0.3) is 21.6 Å². The molecular formula is C61H78ClN5O11S. The Morgan fingerprint density at radius 1 is 0.734 bits per heavy atom. The molecule has 4 amide bonds. The number of ether oxygens (including phenoxy) is 6. The molecular weight excluding hydrogens is 1050 g/mol. The zero-order valence-corrected chi connectivity index (χ0v) is 47.9. The summed E-state index contributed by atoms with van der Waals surface area (Å²) in [6, 6.07) is 34.8. The second kappa shape index (κ2) is 32.9. The minimum atomic E-state index is -0.934. The number of nitrogens with zero attached hydrogens (tertiary/aromatic N) is 3. The van der Waals surface area contributed by atoms with Gasteiger partial charge in [0.2, 0.25) is 23.6 Å². The fraction of sp³-hybridized carbons (Fsp3) is 0.459. The highest BCUT2D eigenvalue weighted by Gasteiger charge is 2.44. The maximum absolute atomic E-state index is 14.0. The molecule has 5 aromatic rings. The van der Waals surface area contributed by atoms with E-state index in [4.69, 9.17) is 40.0 Å². The first kappa shape index (κ1) is 62.2. The normalized spacial score (nSPS) is 15.1. The van der Waals surface area contributed by atoms with E-state index in [1.54, 1.807) is 23.3 Å². The lowest BCUT2D eigenvalue weighted by molar-refractivity contribution is -0.144. The molecule has 1 aliphatic heterocycles. The number of alkyl halides is 1. The zero-order valence-electron chi connectivity index (χ0n) is 46.3. The van der Waals surface area contributed by atoms with E-state index >= 15 is 0 Å². The number of aromatic nitrogens is 1. The van der Waals surface area contributed by atoms with Crippen LogP contribution in [0.3, 0.4) is 0 Å². The summed E-state index contributed by atoms with van der Waals surface area (Å²) in [5, 5.41) is 16.3. The third-order valence-corrected chi connectivity index (χ3v) is 14.4. The largest absolute Gasteiger partial charge is 0.492 e. The molecule has 0 radical (unpaired) electrons. The topological polar surface area (TPSA) is 187 Å². The Morgan fingerprint density at radius 2 is 1.29 bits per heavy atom. The van der Waals surface area contributed by atoms with Gasteiger partial charge in [0, 0.05) is 38.9 Å². The lowest BCUT2D eigenvalue weighted by atomic mass is 9.85.